The summed E-state index contributed by atoms with van der Waals surface area (Å²) in [6, 6.07) is 15.1. The van der Waals surface area contributed by atoms with Crippen LogP contribution in [0, 0.1) is 0 Å². The molecule has 0 aliphatic carbocycles. The topological polar surface area (TPSA) is 77.3 Å². The van der Waals surface area contributed by atoms with Gasteiger partial charge in [0, 0.05) is 23.1 Å². The Bertz CT molecular complexity index is 876. The van der Waals surface area contributed by atoms with Gasteiger partial charge < -0.3 is 14.5 Å². The second-order valence-electron chi connectivity index (χ2n) is 5.64. The minimum Gasteiger partial charge on any atom is -0.497 e. The molecule has 0 fully saturated rings. The molecule has 7 heteroatoms. The number of rotatable bonds is 6. The van der Waals surface area contributed by atoms with E-state index in [0.29, 0.717) is 11.8 Å². The fraction of sp³-hybridized carbons (Fsp3) is 0.211. The molecule has 1 unspecified atom stereocenters. The molecule has 0 saturated heterocycles. The normalized spacial score (nSPS) is 11.8. The molecule has 0 bridgehead atoms. The van der Waals surface area contributed by atoms with Gasteiger partial charge >= 0.3 is 0 Å². The molecule has 1 amide bonds. The van der Waals surface area contributed by atoms with E-state index in [0.717, 1.165) is 21.9 Å². The molecule has 2 aromatic carbocycles. The lowest BCUT2D eigenvalue weighted by atomic mass is 10.2. The molecule has 3 rings (SSSR count). The SMILES string of the molecule is COc1ccc(-c2nnc(C(C)Sc3ccc(NC(C)=O)cc3)o2)cc1. The molecule has 1 atom stereocenters. The van der Waals surface area contributed by atoms with E-state index in [4.69, 9.17) is 9.15 Å². The molecule has 0 aliphatic heterocycles. The zero-order valence-electron chi connectivity index (χ0n) is 14.7. The number of nitrogens with one attached hydrogen (secondary N) is 1. The quantitative estimate of drug-likeness (QED) is 0.642. The van der Waals surface area contributed by atoms with Gasteiger partial charge in [0.15, 0.2) is 0 Å². The Morgan fingerprint density at radius 2 is 1.81 bits per heavy atom. The standard InChI is InChI=1S/C19H19N3O3S/c1-12(26-17-10-6-15(7-11-17)20-13(2)23)18-21-22-19(25-18)14-4-8-16(24-3)9-5-14/h4-12H,1-3H3,(H,20,23). The van der Waals surface area contributed by atoms with Crippen molar-refractivity contribution >= 4 is 23.4 Å². The molecule has 26 heavy (non-hydrogen) atoms. The number of methoxy groups -OCH3 is 1. The number of anilines is 1. The monoisotopic (exact) mass is 369 g/mol. The average molecular weight is 369 g/mol. The van der Waals surface area contributed by atoms with Crippen molar-refractivity contribution in [3.63, 3.8) is 0 Å². The molecular weight excluding hydrogens is 350 g/mol. The Labute approximate surface area is 156 Å². The number of aromatic nitrogens is 2. The molecule has 134 valence electrons. The molecular formula is C19H19N3O3S. The lowest BCUT2D eigenvalue weighted by Gasteiger charge is -2.08. The van der Waals surface area contributed by atoms with Crippen molar-refractivity contribution in [2.24, 2.45) is 0 Å². The molecule has 0 aliphatic rings. The number of benzene rings is 2. The minimum absolute atomic E-state index is 0.00103. The molecule has 1 N–H and O–H groups in total. The second-order valence-corrected chi connectivity index (χ2v) is 7.05. The Morgan fingerprint density at radius 1 is 1.12 bits per heavy atom. The maximum Gasteiger partial charge on any atom is 0.247 e. The van der Waals surface area contributed by atoms with Gasteiger partial charge in [0.2, 0.25) is 17.7 Å². The summed E-state index contributed by atoms with van der Waals surface area (Å²) >= 11 is 1.61. The maximum atomic E-state index is 11.1. The van der Waals surface area contributed by atoms with Crippen LogP contribution in [-0.2, 0) is 4.79 Å². The van der Waals surface area contributed by atoms with Crippen LogP contribution in [0.1, 0.15) is 25.0 Å². The third-order valence-corrected chi connectivity index (χ3v) is 4.71. The van der Waals surface area contributed by atoms with E-state index in [2.05, 4.69) is 15.5 Å². The van der Waals surface area contributed by atoms with Crippen LogP contribution in [-0.4, -0.2) is 23.2 Å². The Balaban J connectivity index is 1.67. The van der Waals surface area contributed by atoms with Crippen molar-refractivity contribution < 1.29 is 13.9 Å². The van der Waals surface area contributed by atoms with Gasteiger partial charge in [-0.3, -0.25) is 4.79 Å². The molecule has 0 saturated carbocycles. The molecule has 6 nitrogen and oxygen atoms in total. The summed E-state index contributed by atoms with van der Waals surface area (Å²) in [5.74, 6) is 1.73. The first-order valence-corrected chi connectivity index (χ1v) is 8.95. The number of nitrogens with zero attached hydrogens (tertiary/aromatic N) is 2. The van der Waals surface area contributed by atoms with Crippen molar-refractivity contribution in [1.29, 1.82) is 0 Å². The third kappa shape index (κ3) is 4.43. The zero-order chi connectivity index (χ0) is 18.5. The highest BCUT2D eigenvalue weighted by Crippen LogP contribution is 2.35. The number of hydrogen-bond donors (Lipinski definition) is 1. The van der Waals surface area contributed by atoms with Gasteiger partial charge in [-0.15, -0.1) is 22.0 Å². The number of carbonyl (C=O) groups excluding carboxylic acids is 1. The molecule has 3 aromatic rings. The predicted molar refractivity (Wildman–Crippen MR) is 101 cm³/mol. The van der Waals surface area contributed by atoms with Gasteiger partial charge in [0.25, 0.3) is 0 Å². The summed E-state index contributed by atoms with van der Waals surface area (Å²) in [6.45, 7) is 3.50. The van der Waals surface area contributed by atoms with Gasteiger partial charge in [0.1, 0.15) is 5.75 Å². The van der Waals surface area contributed by atoms with Crippen LogP contribution in [0.4, 0.5) is 5.69 Å². The first-order valence-electron chi connectivity index (χ1n) is 8.07. The summed E-state index contributed by atoms with van der Waals surface area (Å²) in [5, 5.41) is 11.0. The van der Waals surface area contributed by atoms with E-state index in [1.807, 2.05) is 55.5 Å². The van der Waals surface area contributed by atoms with E-state index in [1.165, 1.54) is 6.92 Å². The van der Waals surface area contributed by atoms with Crippen LogP contribution < -0.4 is 10.1 Å². The van der Waals surface area contributed by atoms with Crippen LogP contribution in [0.25, 0.3) is 11.5 Å². The number of amides is 1. The summed E-state index contributed by atoms with van der Waals surface area (Å²) in [7, 11) is 1.63. The van der Waals surface area contributed by atoms with Crippen molar-refractivity contribution in [1.82, 2.24) is 10.2 Å². The van der Waals surface area contributed by atoms with E-state index < -0.39 is 0 Å². The van der Waals surface area contributed by atoms with E-state index >= 15 is 0 Å². The fourth-order valence-electron chi connectivity index (χ4n) is 2.32. The molecule has 1 heterocycles. The molecule has 0 spiro atoms. The summed E-state index contributed by atoms with van der Waals surface area (Å²) in [6.07, 6.45) is 0. The van der Waals surface area contributed by atoms with Gasteiger partial charge in [-0.1, -0.05) is 0 Å². The Morgan fingerprint density at radius 3 is 2.42 bits per heavy atom. The van der Waals surface area contributed by atoms with Crippen molar-refractivity contribution in [2.75, 3.05) is 12.4 Å². The van der Waals surface area contributed by atoms with Gasteiger partial charge in [-0.25, -0.2) is 0 Å². The van der Waals surface area contributed by atoms with Crippen molar-refractivity contribution in [2.45, 2.75) is 24.0 Å². The van der Waals surface area contributed by atoms with Crippen LogP contribution in [0.3, 0.4) is 0 Å². The van der Waals surface area contributed by atoms with Crippen LogP contribution in [0.2, 0.25) is 0 Å². The maximum absolute atomic E-state index is 11.1. The smallest absolute Gasteiger partial charge is 0.247 e. The van der Waals surface area contributed by atoms with Crippen LogP contribution >= 0.6 is 11.8 Å². The first kappa shape index (κ1) is 18.0. The Kier molecular flexibility index (Phi) is 5.58. The molecule has 1 aromatic heterocycles. The number of hydrogen-bond acceptors (Lipinski definition) is 6. The number of carbonyl (C=O) groups is 1. The van der Waals surface area contributed by atoms with Gasteiger partial charge in [-0.2, -0.15) is 0 Å². The molecule has 0 radical (unpaired) electrons. The van der Waals surface area contributed by atoms with E-state index in [9.17, 15) is 4.79 Å². The highest BCUT2D eigenvalue weighted by atomic mass is 32.2. The summed E-state index contributed by atoms with van der Waals surface area (Å²) < 4.78 is 11.0. The predicted octanol–water partition coefficient (Wildman–Crippen LogP) is 4.56. The summed E-state index contributed by atoms with van der Waals surface area (Å²) in [5.41, 5.74) is 1.62. The third-order valence-electron chi connectivity index (χ3n) is 3.61. The lowest BCUT2D eigenvalue weighted by molar-refractivity contribution is -0.114. The zero-order valence-corrected chi connectivity index (χ0v) is 15.5. The second kappa shape index (κ2) is 8.05. The highest BCUT2D eigenvalue weighted by Gasteiger charge is 2.16. The van der Waals surface area contributed by atoms with Crippen molar-refractivity contribution in [3.05, 3.63) is 54.4 Å². The first-order chi connectivity index (χ1) is 12.5. The van der Waals surface area contributed by atoms with Crippen molar-refractivity contribution in [3.8, 4) is 17.2 Å². The summed E-state index contributed by atoms with van der Waals surface area (Å²) in [4.78, 5) is 12.1. The minimum atomic E-state index is -0.0873. The number of thioether (sulfide) groups is 1. The largest absolute Gasteiger partial charge is 0.497 e. The van der Waals surface area contributed by atoms with Gasteiger partial charge in [0.05, 0.1) is 12.4 Å². The fourth-order valence-corrected chi connectivity index (χ4v) is 3.22. The van der Waals surface area contributed by atoms with Crippen LogP contribution in [0.5, 0.6) is 5.75 Å². The Hall–Kier alpha value is -2.80. The van der Waals surface area contributed by atoms with E-state index in [1.54, 1.807) is 18.9 Å². The lowest BCUT2D eigenvalue weighted by Crippen LogP contribution is -2.05. The number of ether oxygens (including phenoxy) is 1. The van der Waals surface area contributed by atoms with E-state index in [-0.39, 0.29) is 11.2 Å². The average Bonchev–Trinajstić information content (AvgIpc) is 3.13. The highest BCUT2D eigenvalue weighted by molar-refractivity contribution is 7.99. The van der Waals surface area contributed by atoms with Crippen LogP contribution in [0.15, 0.2) is 57.8 Å². The van der Waals surface area contributed by atoms with Gasteiger partial charge in [-0.05, 0) is 55.5 Å².